The number of nitrogens with zero attached hydrogens (tertiary/aromatic N) is 2. The number of hydrogen-bond acceptors (Lipinski definition) is 6. The van der Waals surface area contributed by atoms with Crippen molar-refractivity contribution in [2.75, 3.05) is 21.5 Å². The molecular formula is C18H19FIN5O3S2. The van der Waals surface area contributed by atoms with Gasteiger partial charge in [-0.1, -0.05) is 13.8 Å². The summed E-state index contributed by atoms with van der Waals surface area (Å²) in [5, 5.41) is 11.1. The predicted molar refractivity (Wildman–Crippen MR) is 125 cm³/mol. The second kappa shape index (κ2) is 9.47. The zero-order valence-electron chi connectivity index (χ0n) is 16.1. The lowest BCUT2D eigenvalue weighted by Crippen LogP contribution is -2.20. The number of thioether (sulfide) groups is 1. The van der Waals surface area contributed by atoms with Gasteiger partial charge in [0.15, 0.2) is 11.5 Å². The predicted octanol–water partition coefficient (Wildman–Crippen LogP) is 4.22. The third-order valence-electron chi connectivity index (χ3n) is 3.98. The SMILES string of the molecule is CCCS(=O)(=O)Nc1ccc(I)c(C(=O)Nc2cnc3[nH]nc(SCC)c3c2)c1F. The van der Waals surface area contributed by atoms with Crippen molar-refractivity contribution in [1.82, 2.24) is 15.2 Å². The molecule has 0 saturated heterocycles. The monoisotopic (exact) mass is 563 g/mol. The van der Waals surface area contributed by atoms with Gasteiger partial charge in [-0.3, -0.25) is 14.6 Å². The van der Waals surface area contributed by atoms with E-state index in [9.17, 15) is 17.6 Å². The smallest absolute Gasteiger partial charge is 0.259 e. The Labute approximate surface area is 191 Å². The van der Waals surface area contributed by atoms with Crippen LogP contribution in [0.2, 0.25) is 0 Å². The Bertz CT molecular complexity index is 1200. The molecule has 0 aliphatic heterocycles. The molecule has 30 heavy (non-hydrogen) atoms. The highest BCUT2D eigenvalue weighted by molar-refractivity contribution is 14.1. The maximum absolute atomic E-state index is 15.0. The Hall–Kier alpha value is -1.93. The van der Waals surface area contributed by atoms with Crippen molar-refractivity contribution in [1.29, 1.82) is 0 Å². The minimum atomic E-state index is -3.70. The molecule has 0 aliphatic carbocycles. The Morgan fingerprint density at radius 2 is 2.10 bits per heavy atom. The fourth-order valence-electron chi connectivity index (χ4n) is 2.72. The highest BCUT2D eigenvalue weighted by Crippen LogP contribution is 2.28. The van der Waals surface area contributed by atoms with Gasteiger partial charge in [0.2, 0.25) is 10.0 Å². The molecule has 3 N–H and O–H groups in total. The zero-order chi connectivity index (χ0) is 21.9. The van der Waals surface area contributed by atoms with Crippen LogP contribution in [0, 0.1) is 9.39 Å². The van der Waals surface area contributed by atoms with Crippen LogP contribution in [0.3, 0.4) is 0 Å². The molecule has 0 unspecified atom stereocenters. The average Bonchev–Trinajstić information content (AvgIpc) is 3.07. The van der Waals surface area contributed by atoms with Crippen LogP contribution in [0.5, 0.6) is 0 Å². The number of anilines is 2. The molecule has 0 radical (unpaired) electrons. The van der Waals surface area contributed by atoms with Crippen LogP contribution in [0.1, 0.15) is 30.6 Å². The molecule has 12 heteroatoms. The minimum absolute atomic E-state index is 0.144. The van der Waals surface area contributed by atoms with Crippen molar-refractivity contribution >= 4 is 72.7 Å². The summed E-state index contributed by atoms with van der Waals surface area (Å²) in [6.45, 7) is 3.70. The summed E-state index contributed by atoms with van der Waals surface area (Å²) in [5.74, 6) is -0.962. The highest BCUT2D eigenvalue weighted by atomic mass is 127. The molecule has 3 aromatic rings. The summed E-state index contributed by atoms with van der Waals surface area (Å²) in [7, 11) is -3.70. The quantitative estimate of drug-likeness (QED) is 0.279. The van der Waals surface area contributed by atoms with Crippen LogP contribution >= 0.6 is 34.4 Å². The third-order valence-corrected chi connectivity index (χ3v) is 7.23. The van der Waals surface area contributed by atoms with E-state index in [1.54, 1.807) is 13.0 Å². The van der Waals surface area contributed by atoms with E-state index >= 15 is 0 Å². The largest absolute Gasteiger partial charge is 0.320 e. The Balaban J connectivity index is 1.90. The number of pyridine rings is 1. The number of amides is 1. The molecule has 160 valence electrons. The van der Waals surface area contributed by atoms with E-state index in [2.05, 4.69) is 25.2 Å². The van der Waals surface area contributed by atoms with Crippen LogP contribution < -0.4 is 10.0 Å². The number of carbonyl (C=O) groups is 1. The highest BCUT2D eigenvalue weighted by Gasteiger charge is 2.22. The first-order valence-electron chi connectivity index (χ1n) is 9.02. The maximum atomic E-state index is 15.0. The molecule has 0 aliphatic rings. The number of sulfonamides is 1. The summed E-state index contributed by atoms with van der Waals surface area (Å²) in [4.78, 5) is 17.0. The van der Waals surface area contributed by atoms with Gasteiger partial charge in [0.05, 0.1) is 34.3 Å². The molecule has 0 atom stereocenters. The first-order chi connectivity index (χ1) is 14.3. The number of nitrogens with one attached hydrogen (secondary N) is 3. The summed E-state index contributed by atoms with van der Waals surface area (Å²) >= 11 is 3.36. The van der Waals surface area contributed by atoms with Gasteiger partial charge in [-0.05, 0) is 53.0 Å². The van der Waals surface area contributed by atoms with Crippen molar-refractivity contribution in [2.45, 2.75) is 25.3 Å². The lowest BCUT2D eigenvalue weighted by Gasteiger charge is -2.13. The molecule has 1 aromatic carbocycles. The molecular weight excluding hydrogens is 544 g/mol. The molecule has 3 rings (SSSR count). The number of aromatic amines is 1. The summed E-state index contributed by atoms with van der Waals surface area (Å²) < 4.78 is 41.5. The first-order valence-corrected chi connectivity index (χ1v) is 12.7. The molecule has 0 fully saturated rings. The van der Waals surface area contributed by atoms with Crippen molar-refractivity contribution < 1.29 is 17.6 Å². The van der Waals surface area contributed by atoms with E-state index in [1.165, 1.54) is 30.1 Å². The molecule has 1 amide bonds. The van der Waals surface area contributed by atoms with Crippen molar-refractivity contribution in [3.63, 3.8) is 0 Å². The fraction of sp³-hybridized carbons (Fsp3) is 0.278. The maximum Gasteiger partial charge on any atom is 0.259 e. The van der Waals surface area contributed by atoms with Gasteiger partial charge in [0.25, 0.3) is 5.91 Å². The first kappa shape index (κ1) is 22.7. The summed E-state index contributed by atoms with van der Waals surface area (Å²) in [6.07, 6.45) is 1.83. The van der Waals surface area contributed by atoms with Gasteiger partial charge >= 0.3 is 0 Å². The zero-order valence-corrected chi connectivity index (χ0v) is 19.9. The van der Waals surface area contributed by atoms with Crippen LogP contribution in [0.15, 0.2) is 29.4 Å². The average molecular weight is 563 g/mol. The Morgan fingerprint density at radius 1 is 1.33 bits per heavy atom. The second-order valence-electron chi connectivity index (χ2n) is 6.24. The lowest BCUT2D eigenvalue weighted by atomic mass is 10.1. The third kappa shape index (κ3) is 5.03. The molecule has 2 heterocycles. The number of aromatic nitrogens is 3. The van der Waals surface area contributed by atoms with E-state index in [0.29, 0.717) is 21.3 Å². The number of H-pyrrole nitrogens is 1. The minimum Gasteiger partial charge on any atom is -0.320 e. The van der Waals surface area contributed by atoms with Gasteiger partial charge in [-0.25, -0.2) is 17.8 Å². The number of benzene rings is 1. The van der Waals surface area contributed by atoms with Crippen LogP contribution in [-0.4, -0.2) is 41.0 Å². The standard InChI is InChI=1S/C18H19FIN5O3S2/c1-3-7-30(27,28)25-13-6-5-12(20)14(15(13)19)17(26)22-10-8-11-16(21-9-10)23-24-18(11)29-4-2/h5-6,8-9,25H,3-4,7H2,1-2H3,(H,22,26)(H,21,23,24). The Kier molecular flexibility index (Phi) is 7.18. The number of carbonyl (C=O) groups excluding carboxylic acids is 1. The molecule has 0 bridgehead atoms. The number of halogens is 2. The normalized spacial score (nSPS) is 11.6. The Morgan fingerprint density at radius 3 is 2.80 bits per heavy atom. The second-order valence-corrected chi connectivity index (χ2v) is 10.5. The van der Waals surface area contributed by atoms with Crippen LogP contribution in [0.4, 0.5) is 15.8 Å². The summed E-state index contributed by atoms with van der Waals surface area (Å²) in [5.41, 5.74) is 0.442. The lowest BCUT2D eigenvalue weighted by molar-refractivity contribution is 0.102. The fourth-order valence-corrected chi connectivity index (χ4v) is 5.20. The van der Waals surface area contributed by atoms with Crippen molar-refractivity contribution in [3.8, 4) is 0 Å². The van der Waals surface area contributed by atoms with Gasteiger partial charge in [-0.15, -0.1) is 11.8 Å². The van der Waals surface area contributed by atoms with Gasteiger partial charge < -0.3 is 5.32 Å². The number of hydrogen-bond donors (Lipinski definition) is 3. The van der Waals surface area contributed by atoms with Crippen LogP contribution in [0.25, 0.3) is 11.0 Å². The number of fused-ring (bicyclic) bond motifs is 1. The van der Waals surface area contributed by atoms with E-state index < -0.39 is 21.7 Å². The molecule has 8 nitrogen and oxygen atoms in total. The number of rotatable bonds is 8. The molecule has 0 spiro atoms. The van der Waals surface area contributed by atoms with E-state index in [1.807, 2.05) is 29.5 Å². The topological polar surface area (TPSA) is 117 Å². The molecule has 0 saturated carbocycles. The van der Waals surface area contributed by atoms with E-state index in [0.717, 1.165) is 16.2 Å². The van der Waals surface area contributed by atoms with Gasteiger partial charge in [-0.2, -0.15) is 5.10 Å². The van der Waals surface area contributed by atoms with E-state index in [4.69, 9.17) is 0 Å². The van der Waals surface area contributed by atoms with Crippen molar-refractivity contribution in [2.24, 2.45) is 0 Å². The van der Waals surface area contributed by atoms with E-state index in [-0.39, 0.29) is 17.0 Å². The van der Waals surface area contributed by atoms with Gasteiger partial charge in [0.1, 0.15) is 5.03 Å². The molecule has 2 aromatic heterocycles. The van der Waals surface area contributed by atoms with Crippen molar-refractivity contribution in [3.05, 3.63) is 39.3 Å². The summed E-state index contributed by atoms with van der Waals surface area (Å²) in [6, 6.07) is 4.49. The van der Waals surface area contributed by atoms with Crippen LogP contribution in [-0.2, 0) is 10.0 Å². The van der Waals surface area contributed by atoms with Gasteiger partial charge in [0, 0.05) is 3.57 Å².